The summed E-state index contributed by atoms with van der Waals surface area (Å²) in [6.45, 7) is 2.05. The Bertz CT molecular complexity index is 1190. The van der Waals surface area contributed by atoms with Crippen LogP contribution in [0.3, 0.4) is 0 Å². The molecule has 4 rings (SSSR count). The SMILES string of the molecule is COc1ccc(C2CC(=O)Nc3nc(SCc4ccccc4C)[nH]c(=O)c32)cc1OC. The van der Waals surface area contributed by atoms with Gasteiger partial charge in [0.2, 0.25) is 5.91 Å². The van der Waals surface area contributed by atoms with Gasteiger partial charge >= 0.3 is 0 Å². The molecule has 1 aliphatic heterocycles. The quantitative estimate of drug-likeness (QED) is 0.449. The fourth-order valence-corrected chi connectivity index (χ4v) is 4.63. The lowest BCUT2D eigenvalue weighted by Gasteiger charge is -2.25. The van der Waals surface area contributed by atoms with E-state index in [9.17, 15) is 9.59 Å². The molecule has 1 aliphatic rings. The molecule has 0 fully saturated rings. The van der Waals surface area contributed by atoms with Crippen LogP contribution in [0.25, 0.3) is 0 Å². The number of benzene rings is 2. The second kappa shape index (κ2) is 8.85. The van der Waals surface area contributed by atoms with Crippen LogP contribution in [0.5, 0.6) is 11.5 Å². The summed E-state index contributed by atoms with van der Waals surface area (Å²) in [6, 6.07) is 13.5. The van der Waals surface area contributed by atoms with Crippen LogP contribution >= 0.6 is 11.8 Å². The number of aromatic amines is 1. The summed E-state index contributed by atoms with van der Waals surface area (Å²) in [5.41, 5.74) is 3.34. The van der Waals surface area contributed by atoms with Gasteiger partial charge < -0.3 is 19.8 Å². The number of hydrogen-bond acceptors (Lipinski definition) is 6. The number of fused-ring (bicyclic) bond motifs is 1. The number of carbonyl (C=O) groups is 1. The molecule has 0 radical (unpaired) electrons. The first-order valence-corrected chi connectivity index (χ1v) is 10.8. The van der Waals surface area contributed by atoms with E-state index < -0.39 is 5.92 Å². The Hall–Kier alpha value is -3.26. The maximum Gasteiger partial charge on any atom is 0.257 e. The minimum atomic E-state index is -0.421. The van der Waals surface area contributed by atoms with Gasteiger partial charge in [-0.1, -0.05) is 42.1 Å². The standard InChI is InChI=1S/C23H23N3O4S/c1-13-6-4-5-7-15(13)12-31-23-25-21-20(22(28)26-23)16(11-19(27)24-21)14-8-9-17(29-2)18(10-14)30-3/h4-10,16H,11-12H2,1-3H3,(H2,24,25,26,27,28). The molecule has 1 amide bonds. The summed E-state index contributed by atoms with van der Waals surface area (Å²) in [5.74, 6) is 1.51. The molecule has 0 aliphatic carbocycles. The molecule has 1 unspecified atom stereocenters. The number of ether oxygens (including phenoxy) is 2. The Morgan fingerprint density at radius 1 is 1.10 bits per heavy atom. The van der Waals surface area contributed by atoms with Crippen molar-refractivity contribution in [2.75, 3.05) is 19.5 Å². The van der Waals surface area contributed by atoms with Crippen LogP contribution in [0.15, 0.2) is 52.4 Å². The fourth-order valence-electron chi connectivity index (χ4n) is 3.69. The van der Waals surface area contributed by atoms with Crippen molar-refractivity contribution >= 4 is 23.5 Å². The van der Waals surface area contributed by atoms with Gasteiger partial charge in [-0.2, -0.15) is 0 Å². The highest BCUT2D eigenvalue weighted by Crippen LogP contribution is 2.38. The van der Waals surface area contributed by atoms with E-state index in [-0.39, 0.29) is 17.9 Å². The molecule has 3 aromatic rings. The van der Waals surface area contributed by atoms with Gasteiger partial charge in [0.05, 0.1) is 19.8 Å². The largest absolute Gasteiger partial charge is 0.493 e. The average molecular weight is 438 g/mol. The van der Waals surface area contributed by atoms with E-state index in [0.29, 0.717) is 33.8 Å². The van der Waals surface area contributed by atoms with Crippen LogP contribution in [-0.2, 0) is 10.5 Å². The highest BCUT2D eigenvalue weighted by Gasteiger charge is 2.31. The molecule has 1 atom stereocenters. The van der Waals surface area contributed by atoms with E-state index in [0.717, 1.165) is 5.56 Å². The van der Waals surface area contributed by atoms with Crippen LogP contribution < -0.4 is 20.3 Å². The zero-order valence-electron chi connectivity index (χ0n) is 17.5. The molecule has 1 aromatic heterocycles. The fraction of sp³-hybridized carbons (Fsp3) is 0.261. The molecular weight excluding hydrogens is 414 g/mol. The Labute approximate surface area is 184 Å². The highest BCUT2D eigenvalue weighted by molar-refractivity contribution is 7.98. The van der Waals surface area contributed by atoms with E-state index in [1.165, 1.54) is 22.9 Å². The first-order valence-electron chi connectivity index (χ1n) is 9.83. The maximum atomic E-state index is 13.0. The summed E-state index contributed by atoms with van der Waals surface area (Å²) in [4.78, 5) is 32.8. The Morgan fingerprint density at radius 3 is 2.61 bits per heavy atom. The molecule has 160 valence electrons. The predicted molar refractivity (Wildman–Crippen MR) is 120 cm³/mol. The second-order valence-corrected chi connectivity index (χ2v) is 8.23. The molecule has 2 heterocycles. The number of nitrogens with zero attached hydrogens (tertiary/aromatic N) is 1. The van der Waals surface area contributed by atoms with Crippen molar-refractivity contribution < 1.29 is 14.3 Å². The van der Waals surface area contributed by atoms with E-state index in [4.69, 9.17) is 9.47 Å². The van der Waals surface area contributed by atoms with Crippen molar-refractivity contribution in [3.63, 3.8) is 0 Å². The van der Waals surface area contributed by atoms with Crippen molar-refractivity contribution in [2.45, 2.75) is 30.2 Å². The third kappa shape index (κ3) is 4.29. The lowest BCUT2D eigenvalue weighted by molar-refractivity contribution is -0.116. The Kier molecular flexibility index (Phi) is 5.99. The average Bonchev–Trinajstić information content (AvgIpc) is 2.77. The highest BCUT2D eigenvalue weighted by atomic mass is 32.2. The molecule has 2 N–H and O–H groups in total. The molecule has 8 heteroatoms. The Morgan fingerprint density at radius 2 is 1.87 bits per heavy atom. The number of rotatable bonds is 6. The number of hydrogen-bond donors (Lipinski definition) is 2. The number of aryl methyl sites for hydroxylation is 1. The van der Waals surface area contributed by atoms with Crippen molar-refractivity contribution in [1.29, 1.82) is 0 Å². The maximum absolute atomic E-state index is 13.0. The zero-order chi connectivity index (χ0) is 22.0. The summed E-state index contributed by atoms with van der Waals surface area (Å²) in [5, 5.41) is 3.23. The monoisotopic (exact) mass is 437 g/mol. The van der Waals surface area contributed by atoms with Gasteiger partial charge in [-0.05, 0) is 35.7 Å². The topological polar surface area (TPSA) is 93.3 Å². The number of methoxy groups -OCH3 is 2. The van der Waals surface area contributed by atoms with Crippen molar-refractivity contribution in [1.82, 2.24) is 9.97 Å². The van der Waals surface area contributed by atoms with Gasteiger partial charge in [0.1, 0.15) is 5.82 Å². The van der Waals surface area contributed by atoms with Crippen LogP contribution in [-0.4, -0.2) is 30.1 Å². The van der Waals surface area contributed by atoms with Crippen molar-refractivity contribution in [3.05, 3.63) is 75.1 Å². The molecule has 0 saturated carbocycles. The summed E-state index contributed by atoms with van der Waals surface area (Å²) in [7, 11) is 3.11. The van der Waals surface area contributed by atoms with Crippen molar-refractivity contribution in [3.8, 4) is 11.5 Å². The molecule has 0 bridgehead atoms. The number of nitrogens with one attached hydrogen (secondary N) is 2. The molecule has 31 heavy (non-hydrogen) atoms. The third-order valence-corrected chi connectivity index (χ3v) is 6.29. The number of thioether (sulfide) groups is 1. The molecule has 2 aromatic carbocycles. The first-order chi connectivity index (χ1) is 15.0. The van der Waals surface area contributed by atoms with Gasteiger partial charge in [0.15, 0.2) is 16.7 Å². The van der Waals surface area contributed by atoms with Crippen LogP contribution in [0.1, 0.15) is 34.6 Å². The summed E-state index contributed by atoms with van der Waals surface area (Å²) in [6.07, 6.45) is 0.156. The normalized spacial score (nSPS) is 15.2. The minimum absolute atomic E-state index is 0.156. The smallest absolute Gasteiger partial charge is 0.257 e. The number of H-pyrrole nitrogens is 1. The first kappa shape index (κ1) is 21.0. The van der Waals surface area contributed by atoms with Crippen LogP contribution in [0.4, 0.5) is 5.82 Å². The molecular formula is C23H23N3O4S. The molecule has 0 spiro atoms. The van der Waals surface area contributed by atoms with Gasteiger partial charge in [0.25, 0.3) is 5.56 Å². The zero-order valence-corrected chi connectivity index (χ0v) is 18.3. The summed E-state index contributed by atoms with van der Waals surface area (Å²) < 4.78 is 10.7. The van der Waals surface area contributed by atoms with E-state index >= 15 is 0 Å². The van der Waals surface area contributed by atoms with E-state index in [2.05, 4.69) is 15.3 Å². The molecule has 0 saturated heterocycles. The van der Waals surface area contributed by atoms with Crippen LogP contribution in [0.2, 0.25) is 0 Å². The Balaban J connectivity index is 1.67. The van der Waals surface area contributed by atoms with E-state index in [1.54, 1.807) is 26.4 Å². The van der Waals surface area contributed by atoms with Gasteiger partial charge in [0, 0.05) is 18.1 Å². The molecule has 7 nitrogen and oxygen atoms in total. The number of anilines is 1. The van der Waals surface area contributed by atoms with Crippen molar-refractivity contribution in [2.24, 2.45) is 0 Å². The third-order valence-electron chi connectivity index (χ3n) is 5.36. The lowest BCUT2D eigenvalue weighted by atomic mass is 9.86. The lowest BCUT2D eigenvalue weighted by Crippen LogP contribution is -2.31. The predicted octanol–water partition coefficient (Wildman–Crippen LogP) is 3.86. The van der Waals surface area contributed by atoms with Gasteiger partial charge in [-0.3, -0.25) is 9.59 Å². The van der Waals surface area contributed by atoms with E-state index in [1.807, 2.05) is 37.3 Å². The minimum Gasteiger partial charge on any atom is -0.493 e. The number of carbonyl (C=O) groups excluding carboxylic acids is 1. The van der Waals surface area contributed by atoms with Gasteiger partial charge in [-0.15, -0.1) is 0 Å². The number of amides is 1. The second-order valence-electron chi connectivity index (χ2n) is 7.27. The van der Waals surface area contributed by atoms with Gasteiger partial charge in [-0.25, -0.2) is 4.98 Å². The summed E-state index contributed by atoms with van der Waals surface area (Å²) >= 11 is 1.43. The number of aromatic nitrogens is 2. The van der Waals surface area contributed by atoms with Crippen LogP contribution in [0, 0.1) is 6.92 Å².